The van der Waals surface area contributed by atoms with Crippen molar-refractivity contribution in [3.05, 3.63) is 35.9 Å². The fourth-order valence-corrected chi connectivity index (χ4v) is 1.91. The monoisotopic (exact) mass is 251 g/mol. The van der Waals surface area contributed by atoms with E-state index in [4.69, 9.17) is 0 Å². The Morgan fingerprint density at radius 3 is 2.53 bits per heavy atom. The molecule has 0 heterocycles. The van der Waals surface area contributed by atoms with Gasteiger partial charge in [-0.2, -0.15) is 0 Å². The van der Waals surface area contributed by atoms with Crippen LogP contribution in [0, 0.1) is 5.92 Å². The van der Waals surface area contributed by atoms with Crippen molar-refractivity contribution in [1.29, 1.82) is 0 Å². The Bertz CT molecular complexity index is 378. The first-order valence-electron chi connectivity index (χ1n) is 5.54. The molecule has 0 aromatic heterocycles. The molecule has 0 aliphatic carbocycles. The average Bonchev–Trinajstić information content (AvgIpc) is 2.34. The van der Waals surface area contributed by atoms with E-state index in [2.05, 4.69) is 5.32 Å². The number of carbonyl (C=O) groups excluding carboxylic acids is 2. The summed E-state index contributed by atoms with van der Waals surface area (Å²) >= 11 is 1.19. The van der Waals surface area contributed by atoms with Gasteiger partial charge in [0.2, 0.25) is 5.91 Å². The van der Waals surface area contributed by atoms with Crippen molar-refractivity contribution in [3.8, 4) is 0 Å². The maximum absolute atomic E-state index is 11.7. The van der Waals surface area contributed by atoms with Crippen LogP contribution in [0.25, 0.3) is 0 Å². The van der Waals surface area contributed by atoms with Gasteiger partial charge in [0.05, 0.1) is 0 Å². The zero-order valence-electron chi connectivity index (χ0n) is 10.1. The highest BCUT2D eigenvalue weighted by Crippen LogP contribution is 2.09. The maximum atomic E-state index is 11.7. The van der Waals surface area contributed by atoms with Crippen LogP contribution in [-0.2, 0) is 16.1 Å². The van der Waals surface area contributed by atoms with Crippen molar-refractivity contribution < 1.29 is 9.59 Å². The number of hydrogen-bond acceptors (Lipinski definition) is 3. The van der Waals surface area contributed by atoms with Crippen LogP contribution in [0.1, 0.15) is 19.4 Å². The molecule has 1 amide bonds. The summed E-state index contributed by atoms with van der Waals surface area (Å²) in [7, 11) is 0. The smallest absolute Gasteiger partial charge is 0.223 e. The zero-order valence-corrected chi connectivity index (χ0v) is 10.9. The van der Waals surface area contributed by atoms with Crippen LogP contribution in [0.3, 0.4) is 0 Å². The minimum Gasteiger partial charge on any atom is -0.352 e. The van der Waals surface area contributed by atoms with Crippen LogP contribution in [0.5, 0.6) is 0 Å². The largest absolute Gasteiger partial charge is 0.352 e. The predicted molar refractivity (Wildman–Crippen MR) is 70.6 cm³/mol. The van der Waals surface area contributed by atoms with Gasteiger partial charge < -0.3 is 5.32 Å². The molecule has 0 saturated carbocycles. The molecule has 3 nitrogen and oxygen atoms in total. The second kappa shape index (κ2) is 7.12. The van der Waals surface area contributed by atoms with E-state index in [1.165, 1.54) is 18.7 Å². The maximum Gasteiger partial charge on any atom is 0.223 e. The molecule has 0 aliphatic rings. The van der Waals surface area contributed by atoms with Crippen LogP contribution in [-0.4, -0.2) is 16.8 Å². The van der Waals surface area contributed by atoms with Gasteiger partial charge in [-0.15, -0.1) is 0 Å². The fourth-order valence-electron chi connectivity index (χ4n) is 1.28. The summed E-state index contributed by atoms with van der Waals surface area (Å²) in [6, 6.07) is 9.76. The molecule has 1 atom stereocenters. The van der Waals surface area contributed by atoms with Gasteiger partial charge in [0, 0.05) is 25.1 Å². The Labute approximate surface area is 106 Å². The highest BCUT2D eigenvalue weighted by molar-refractivity contribution is 8.13. The normalized spacial score (nSPS) is 11.9. The van der Waals surface area contributed by atoms with Crippen LogP contribution < -0.4 is 5.32 Å². The predicted octanol–water partition coefficient (Wildman–Crippen LogP) is 2.22. The van der Waals surface area contributed by atoms with E-state index in [-0.39, 0.29) is 16.9 Å². The molecule has 92 valence electrons. The first kappa shape index (κ1) is 13.8. The number of carbonyl (C=O) groups is 2. The second-order valence-electron chi connectivity index (χ2n) is 3.91. The average molecular weight is 251 g/mol. The Morgan fingerprint density at radius 1 is 1.29 bits per heavy atom. The Kier molecular flexibility index (Phi) is 5.77. The van der Waals surface area contributed by atoms with Crippen LogP contribution in [0.2, 0.25) is 0 Å². The lowest BCUT2D eigenvalue weighted by molar-refractivity contribution is -0.124. The molecule has 0 radical (unpaired) electrons. The molecule has 0 aliphatic heterocycles. The summed E-state index contributed by atoms with van der Waals surface area (Å²) in [5, 5.41) is 2.91. The van der Waals surface area contributed by atoms with Gasteiger partial charge in [-0.05, 0) is 5.56 Å². The number of thioether (sulfide) groups is 1. The molecule has 1 aromatic carbocycles. The Hall–Kier alpha value is -1.29. The van der Waals surface area contributed by atoms with Crippen molar-refractivity contribution in [2.45, 2.75) is 20.4 Å². The van der Waals surface area contributed by atoms with Gasteiger partial charge >= 0.3 is 0 Å². The summed E-state index contributed by atoms with van der Waals surface area (Å²) in [4.78, 5) is 22.5. The van der Waals surface area contributed by atoms with Crippen LogP contribution in [0.4, 0.5) is 0 Å². The van der Waals surface area contributed by atoms with E-state index in [9.17, 15) is 9.59 Å². The topological polar surface area (TPSA) is 46.2 Å². The molecule has 17 heavy (non-hydrogen) atoms. The van der Waals surface area contributed by atoms with E-state index < -0.39 is 0 Å². The van der Waals surface area contributed by atoms with E-state index in [0.29, 0.717) is 12.3 Å². The second-order valence-corrected chi connectivity index (χ2v) is 5.10. The number of benzene rings is 1. The standard InChI is InChI=1S/C13H17NO2S/c1-10(9-17-11(2)15)13(16)14-8-12-6-4-3-5-7-12/h3-7,10H,8-9H2,1-2H3,(H,14,16)/t10-/m1/s1. The van der Waals surface area contributed by atoms with Gasteiger partial charge in [0.15, 0.2) is 5.12 Å². The van der Waals surface area contributed by atoms with E-state index in [1.54, 1.807) is 0 Å². The summed E-state index contributed by atoms with van der Waals surface area (Å²) in [6.45, 7) is 3.88. The SMILES string of the molecule is CC(=O)SC[C@@H](C)C(=O)NCc1ccccc1. The number of nitrogens with one attached hydrogen (secondary N) is 1. The van der Waals surface area contributed by atoms with Crippen LogP contribution >= 0.6 is 11.8 Å². The minimum absolute atomic E-state index is 0.0115. The van der Waals surface area contributed by atoms with Gasteiger partial charge in [0.1, 0.15) is 0 Å². The van der Waals surface area contributed by atoms with Crippen molar-refractivity contribution in [1.82, 2.24) is 5.32 Å². The summed E-state index contributed by atoms with van der Waals surface area (Å²) < 4.78 is 0. The highest BCUT2D eigenvalue weighted by atomic mass is 32.2. The molecule has 1 aromatic rings. The third kappa shape index (κ3) is 5.54. The van der Waals surface area contributed by atoms with Gasteiger partial charge in [-0.25, -0.2) is 0 Å². The van der Waals surface area contributed by atoms with E-state index >= 15 is 0 Å². The van der Waals surface area contributed by atoms with Crippen molar-refractivity contribution in [3.63, 3.8) is 0 Å². The molecule has 4 heteroatoms. The van der Waals surface area contributed by atoms with Crippen LogP contribution in [0.15, 0.2) is 30.3 Å². The molecule has 1 N–H and O–H groups in total. The molecular weight excluding hydrogens is 234 g/mol. The van der Waals surface area contributed by atoms with Gasteiger partial charge in [-0.3, -0.25) is 9.59 Å². The fraction of sp³-hybridized carbons (Fsp3) is 0.385. The van der Waals surface area contributed by atoms with Crippen molar-refractivity contribution >= 4 is 22.8 Å². The van der Waals surface area contributed by atoms with Gasteiger partial charge in [-0.1, -0.05) is 49.0 Å². The highest BCUT2D eigenvalue weighted by Gasteiger charge is 2.13. The Morgan fingerprint density at radius 2 is 1.94 bits per heavy atom. The number of amides is 1. The molecular formula is C13H17NO2S. The third-order valence-corrected chi connectivity index (χ3v) is 3.37. The summed E-state index contributed by atoms with van der Waals surface area (Å²) in [5.41, 5.74) is 1.08. The van der Waals surface area contributed by atoms with E-state index in [0.717, 1.165) is 5.56 Å². The lowest BCUT2D eigenvalue weighted by Crippen LogP contribution is -2.30. The lowest BCUT2D eigenvalue weighted by atomic mass is 10.2. The van der Waals surface area contributed by atoms with Crippen molar-refractivity contribution in [2.24, 2.45) is 5.92 Å². The molecule has 0 saturated heterocycles. The first-order valence-corrected chi connectivity index (χ1v) is 6.53. The molecule has 0 bridgehead atoms. The Balaban J connectivity index is 2.32. The quantitative estimate of drug-likeness (QED) is 0.872. The zero-order chi connectivity index (χ0) is 12.7. The van der Waals surface area contributed by atoms with Crippen molar-refractivity contribution in [2.75, 3.05) is 5.75 Å². The molecule has 0 spiro atoms. The molecule has 1 rings (SSSR count). The number of rotatable bonds is 5. The first-order chi connectivity index (χ1) is 8.09. The summed E-state index contributed by atoms with van der Waals surface area (Å²) in [5.74, 6) is 0.380. The minimum atomic E-state index is -0.146. The molecule has 0 unspecified atom stereocenters. The molecule has 0 fully saturated rings. The van der Waals surface area contributed by atoms with E-state index in [1.807, 2.05) is 37.3 Å². The summed E-state index contributed by atoms with van der Waals surface area (Å²) in [6.07, 6.45) is 0. The lowest BCUT2D eigenvalue weighted by Gasteiger charge is -2.10. The number of hydrogen-bond donors (Lipinski definition) is 1. The third-order valence-electron chi connectivity index (χ3n) is 2.29. The van der Waals surface area contributed by atoms with Gasteiger partial charge in [0.25, 0.3) is 0 Å².